The molecule has 0 bridgehead atoms. The Labute approximate surface area is 224 Å². The maximum Gasteiger partial charge on any atom is 0.416 e. The number of rotatable bonds is 7. The Morgan fingerprint density at radius 1 is 0.895 bits per heavy atom. The van der Waals surface area contributed by atoms with Gasteiger partial charge in [0.25, 0.3) is 0 Å². The number of halogens is 4. The second-order valence-electron chi connectivity index (χ2n) is 9.72. The van der Waals surface area contributed by atoms with Gasteiger partial charge in [0.15, 0.2) is 5.78 Å². The maximum atomic E-state index is 13.2. The van der Waals surface area contributed by atoms with Crippen molar-refractivity contribution in [2.24, 2.45) is 0 Å². The minimum Gasteiger partial charge on any atom is -0.324 e. The normalized spacial score (nSPS) is 12.2. The SMILES string of the molecule is CC(C)(C)c1ccc(C(=O)c2cccc(NC(=O)CN(c3cc(C(F)(F)F)ccc3Cl)S(C)(=O)=O)c2)cc1. The fourth-order valence-corrected chi connectivity index (χ4v) is 4.75. The van der Waals surface area contributed by atoms with Gasteiger partial charge in [0, 0.05) is 16.8 Å². The monoisotopic (exact) mass is 566 g/mol. The molecule has 0 aliphatic carbocycles. The van der Waals surface area contributed by atoms with Crippen molar-refractivity contribution in [3.05, 3.63) is 94.0 Å². The lowest BCUT2D eigenvalue weighted by molar-refractivity contribution is -0.137. The molecule has 1 amide bonds. The number of nitrogens with zero attached hydrogens (tertiary/aromatic N) is 1. The van der Waals surface area contributed by atoms with Crippen LogP contribution in [0.3, 0.4) is 0 Å². The molecule has 0 fully saturated rings. The fraction of sp³-hybridized carbons (Fsp3) is 0.259. The van der Waals surface area contributed by atoms with Gasteiger partial charge in [-0.1, -0.05) is 68.8 Å². The predicted molar refractivity (Wildman–Crippen MR) is 142 cm³/mol. The van der Waals surface area contributed by atoms with E-state index in [4.69, 9.17) is 11.6 Å². The first kappa shape index (κ1) is 29.2. The van der Waals surface area contributed by atoms with E-state index in [0.717, 1.165) is 17.9 Å². The second-order valence-corrected chi connectivity index (χ2v) is 12.0. The molecule has 0 aliphatic heterocycles. The third-order valence-corrected chi connectivity index (χ3v) is 7.10. The number of anilines is 2. The van der Waals surface area contributed by atoms with Gasteiger partial charge in [-0.2, -0.15) is 13.2 Å². The van der Waals surface area contributed by atoms with Crippen LogP contribution in [0.4, 0.5) is 24.5 Å². The van der Waals surface area contributed by atoms with Gasteiger partial charge < -0.3 is 5.32 Å². The number of amides is 1. The van der Waals surface area contributed by atoms with E-state index in [9.17, 15) is 31.2 Å². The van der Waals surface area contributed by atoms with Crippen LogP contribution < -0.4 is 9.62 Å². The van der Waals surface area contributed by atoms with Gasteiger partial charge in [0.2, 0.25) is 15.9 Å². The Hall–Kier alpha value is -3.37. The van der Waals surface area contributed by atoms with E-state index in [-0.39, 0.29) is 27.5 Å². The van der Waals surface area contributed by atoms with Crippen molar-refractivity contribution in [1.29, 1.82) is 0 Å². The van der Waals surface area contributed by atoms with Crippen molar-refractivity contribution in [3.8, 4) is 0 Å². The summed E-state index contributed by atoms with van der Waals surface area (Å²) in [6.45, 7) is 5.33. The van der Waals surface area contributed by atoms with Gasteiger partial charge in [-0.05, 0) is 41.3 Å². The molecule has 11 heteroatoms. The highest BCUT2D eigenvalue weighted by molar-refractivity contribution is 7.92. The zero-order chi connectivity index (χ0) is 28.5. The van der Waals surface area contributed by atoms with Crippen molar-refractivity contribution in [2.75, 3.05) is 22.4 Å². The molecule has 0 saturated heterocycles. The van der Waals surface area contributed by atoms with Crippen LogP contribution in [0, 0.1) is 0 Å². The van der Waals surface area contributed by atoms with E-state index in [1.807, 2.05) is 12.1 Å². The number of ketones is 1. The Balaban J connectivity index is 1.82. The van der Waals surface area contributed by atoms with Gasteiger partial charge in [0.1, 0.15) is 6.54 Å². The number of hydrogen-bond acceptors (Lipinski definition) is 4. The number of benzene rings is 3. The molecule has 0 aliphatic rings. The fourth-order valence-electron chi connectivity index (χ4n) is 3.62. The van der Waals surface area contributed by atoms with Crippen LogP contribution in [-0.4, -0.2) is 32.9 Å². The summed E-state index contributed by atoms with van der Waals surface area (Å²) in [5.74, 6) is -1.13. The lowest BCUT2D eigenvalue weighted by Gasteiger charge is -2.24. The molecular formula is C27H26ClF3N2O4S. The summed E-state index contributed by atoms with van der Waals surface area (Å²) in [5, 5.41) is 2.22. The first-order chi connectivity index (χ1) is 17.5. The molecule has 202 valence electrons. The number of nitrogens with one attached hydrogen (secondary N) is 1. The topological polar surface area (TPSA) is 83.6 Å². The highest BCUT2D eigenvalue weighted by Crippen LogP contribution is 2.36. The summed E-state index contributed by atoms with van der Waals surface area (Å²) in [6.07, 6.45) is -3.99. The maximum absolute atomic E-state index is 13.2. The first-order valence-corrected chi connectivity index (χ1v) is 13.6. The minimum atomic E-state index is -4.75. The van der Waals surface area contributed by atoms with Crippen molar-refractivity contribution in [3.63, 3.8) is 0 Å². The molecule has 3 aromatic carbocycles. The van der Waals surface area contributed by atoms with Gasteiger partial charge in [0.05, 0.1) is 22.5 Å². The Bertz CT molecular complexity index is 1460. The molecule has 38 heavy (non-hydrogen) atoms. The summed E-state index contributed by atoms with van der Waals surface area (Å²) in [5.41, 5.74) is 0.317. The molecule has 3 aromatic rings. The van der Waals surface area contributed by atoms with Crippen LogP contribution in [0.5, 0.6) is 0 Å². The summed E-state index contributed by atoms with van der Waals surface area (Å²) in [4.78, 5) is 25.7. The molecule has 0 spiro atoms. The predicted octanol–water partition coefficient (Wildman–Crippen LogP) is 6.29. The third kappa shape index (κ3) is 7.14. The van der Waals surface area contributed by atoms with E-state index in [1.165, 1.54) is 12.1 Å². The molecule has 1 N–H and O–H groups in total. The molecular weight excluding hydrogens is 541 g/mol. The Morgan fingerprint density at radius 3 is 2.05 bits per heavy atom. The van der Waals surface area contributed by atoms with E-state index in [0.29, 0.717) is 22.0 Å². The van der Waals surface area contributed by atoms with Crippen LogP contribution in [0.15, 0.2) is 66.7 Å². The number of hydrogen-bond donors (Lipinski definition) is 1. The Morgan fingerprint density at radius 2 is 1.50 bits per heavy atom. The van der Waals surface area contributed by atoms with Crippen LogP contribution in [0.1, 0.15) is 47.8 Å². The number of carbonyl (C=O) groups is 2. The zero-order valence-corrected chi connectivity index (χ0v) is 22.6. The largest absolute Gasteiger partial charge is 0.416 e. The van der Waals surface area contributed by atoms with Crippen LogP contribution in [-0.2, 0) is 26.4 Å². The molecule has 0 radical (unpaired) electrons. The second kappa shape index (κ2) is 10.8. The highest BCUT2D eigenvalue weighted by atomic mass is 35.5. The zero-order valence-electron chi connectivity index (χ0n) is 21.1. The molecule has 3 rings (SSSR count). The van der Waals surface area contributed by atoms with Crippen LogP contribution in [0.2, 0.25) is 5.02 Å². The Kier molecular flexibility index (Phi) is 8.28. The van der Waals surface area contributed by atoms with E-state index < -0.39 is 39.9 Å². The average Bonchev–Trinajstić information content (AvgIpc) is 2.81. The smallest absolute Gasteiger partial charge is 0.324 e. The minimum absolute atomic E-state index is 0.0794. The molecule has 0 saturated carbocycles. The van der Waals surface area contributed by atoms with E-state index in [1.54, 1.807) is 24.3 Å². The van der Waals surface area contributed by atoms with Crippen molar-refractivity contribution >= 4 is 44.7 Å². The summed E-state index contributed by atoms with van der Waals surface area (Å²) in [6, 6.07) is 15.4. The van der Waals surface area contributed by atoms with Crippen molar-refractivity contribution < 1.29 is 31.2 Å². The lowest BCUT2D eigenvalue weighted by atomic mass is 9.86. The van der Waals surface area contributed by atoms with Crippen LogP contribution >= 0.6 is 11.6 Å². The summed E-state index contributed by atoms with van der Waals surface area (Å²) < 4.78 is 64.8. The van der Waals surface area contributed by atoms with Crippen molar-refractivity contribution in [2.45, 2.75) is 32.4 Å². The first-order valence-electron chi connectivity index (χ1n) is 11.4. The quantitative estimate of drug-likeness (QED) is 0.341. The van der Waals surface area contributed by atoms with Crippen LogP contribution in [0.25, 0.3) is 0 Å². The lowest BCUT2D eigenvalue weighted by Crippen LogP contribution is -2.37. The summed E-state index contributed by atoms with van der Waals surface area (Å²) >= 11 is 6.00. The third-order valence-electron chi connectivity index (χ3n) is 5.65. The van der Waals surface area contributed by atoms with Gasteiger partial charge >= 0.3 is 6.18 Å². The average molecular weight is 567 g/mol. The molecule has 0 aromatic heterocycles. The van der Waals surface area contributed by atoms with E-state index >= 15 is 0 Å². The van der Waals surface area contributed by atoms with Crippen molar-refractivity contribution in [1.82, 2.24) is 0 Å². The molecule has 0 atom stereocenters. The molecule has 6 nitrogen and oxygen atoms in total. The molecule has 0 unspecified atom stereocenters. The highest BCUT2D eigenvalue weighted by Gasteiger charge is 2.33. The standard InChI is InChI=1S/C27H26ClF3N2O4S/c1-26(2,3)19-10-8-17(9-11-19)25(35)18-6-5-7-21(14-18)32-24(34)16-33(38(4,36)37)23-15-20(27(29,30)31)12-13-22(23)28/h5-15H,16H2,1-4H3,(H,32,34). The van der Waals surface area contributed by atoms with E-state index in [2.05, 4.69) is 26.1 Å². The number of alkyl halides is 3. The molecule has 0 heterocycles. The number of sulfonamides is 1. The summed E-state index contributed by atoms with van der Waals surface area (Å²) in [7, 11) is -4.20. The van der Waals surface area contributed by atoms with Gasteiger partial charge in [-0.3, -0.25) is 13.9 Å². The van der Waals surface area contributed by atoms with Gasteiger partial charge in [-0.25, -0.2) is 8.42 Å². The number of carbonyl (C=O) groups excluding carboxylic acids is 2. The van der Waals surface area contributed by atoms with Gasteiger partial charge in [-0.15, -0.1) is 0 Å².